The standard InChI is InChI=1S/C14H22BrNOS/c1-2-8-16-13(14-12(15)7-9-17-14)10-18-11-5-3-4-6-11/h7,9,11,13,16H,2-6,8,10H2,1H3. The molecule has 0 bridgehead atoms. The van der Waals surface area contributed by atoms with Crippen LogP contribution >= 0.6 is 27.7 Å². The SMILES string of the molecule is CCCNC(CSC1CCCC1)c1occc1Br. The highest BCUT2D eigenvalue weighted by atomic mass is 79.9. The Kier molecular flexibility index (Phi) is 6.12. The van der Waals surface area contributed by atoms with Gasteiger partial charge in [-0.2, -0.15) is 11.8 Å². The van der Waals surface area contributed by atoms with Crippen molar-refractivity contribution in [1.82, 2.24) is 5.32 Å². The van der Waals surface area contributed by atoms with Crippen LogP contribution in [-0.2, 0) is 0 Å². The summed E-state index contributed by atoms with van der Waals surface area (Å²) in [6.07, 6.45) is 8.53. The quantitative estimate of drug-likeness (QED) is 0.779. The molecule has 0 amide bonds. The molecule has 1 aromatic heterocycles. The molecular weight excluding hydrogens is 310 g/mol. The average Bonchev–Trinajstić information content (AvgIpc) is 3.01. The van der Waals surface area contributed by atoms with Crippen molar-refractivity contribution in [2.45, 2.75) is 50.3 Å². The first-order valence-corrected chi connectivity index (χ1v) is 8.73. The summed E-state index contributed by atoms with van der Waals surface area (Å²) in [6, 6.07) is 2.32. The Labute approximate surface area is 122 Å². The van der Waals surface area contributed by atoms with Gasteiger partial charge >= 0.3 is 0 Å². The van der Waals surface area contributed by atoms with Crippen LogP contribution in [0.1, 0.15) is 50.8 Å². The van der Waals surface area contributed by atoms with Gasteiger partial charge in [0, 0.05) is 11.0 Å². The third kappa shape index (κ3) is 4.04. The van der Waals surface area contributed by atoms with E-state index in [1.807, 2.05) is 6.07 Å². The second-order valence-electron chi connectivity index (χ2n) is 4.88. The number of hydrogen-bond donors (Lipinski definition) is 1. The van der Waals surface area contributed by atoms with Gasteiger partial charge in [0.2, 0.25) is 0 Å². The zero-order valence-electron chi connectivity index (χ0n) is 11.0. The molecule has 1 N–H and O–H groups in total. The fourth-order valence-corrected chi connectivity index (χ4v) is 4.27. The first-order valence-electron chi connectivity index (χ1n) is 6.89. The summed E-state index contributed by atoms with van der Waals surface area (Å²) in [5, 5.41) is 4.46. The monoisotopic (exact) mass is 331 g/mol. The Balaban J connectivity index is 1.90. The second kappa shape index (κ2) is 7.61. The van der Waals surface area contributed by atoms with E-state index in [0.717, 1.165) is 34.2 Å². The van der Waals surface area contributed by atoms with Crippen molar-refractivity contribution in [2.75, 3.05) is 12.3 Å². The van der Waals surface area contributed by atoms with Gasteiger partial charge in [0.05, 0.1) is 16.8 Å². The van der Waals surface area contributed by atoms with E-state index < -0.39 is 0 Å². The molecule has 1 unspecified atom stereocenters. The predicted octanol–water partition coefficient (Wildman–Crippen LogP) is 4.76. The maximum atomic E-state index is 5.62. The third-order valence-corrected chi connectivity index (χ3v) is 5.53. The summed E-state index contributed by atoms with van der Waals surface area (Å²) in [7, 11) is 0. The van der Waals surface area contributed by atoms with E-state index in [2.05, 4.69) is 39.9 Å². The Morgan fingerprint density at radius 3 is 2.89 bits per heavy atom. The largest absolute Gasteiger partial charge is 0.466 e. The van der Waals surface area contributed by atoms with Crippen molar-refractivity contribution in [1.29, 1.82) is 0 Å². The van der Waals surface area contributed by atoms with Crippen LogP contribution in [0.5, 0.6) is 0 Å². The van der Waals surface area contributed by atoms with Crippen LogP contribution in [0, 0.1) is 0 Å². The molecule has 0 spiro atoms. The highest BCUT2D eigenvalue weighted by Gasteiger charge is 2.21. The van der Waals surface area contributed by atoms with Crippen molar-refractivity contribution in [3.8, 4) is 0 Å². The Bertz CT molecular complexity index is 349. The molecule has 102 valence electrons. The Hall–Kier alpha value is 0.0700. The number of hydrogen-bond acceptors (Lipinski definition) is 3. The van der Waals surface area contributed by atoms with E-state index in [4.69, 9.17) is 4.42 Å². The lowest BCUT2D eigenvalue weighted by Gasteiger charge is -2.18. The van der Waals surface area contributed by atoms with Crippen molar-refractivity contribution in [2.24, 2.45) is 0 Å². The van der Waals surface area contributed by atoms with Gasteiger partial charge in [-0.15, -0.1) is 0 Å². The molecule has 2 nitrogen and oxygen atoms in total. The normalized spacial score (nSPS) is 18.3. The maximum Gasteiger partial charge on any atom is 0.135 e. The lowest BCUT2D eigenvalue weighted by Crippen LogP contribution is -2.24. The third-order valence-electron chi connectivity index (χ3n) is 3.40. The first kappa shape index (κ1) is 14.5. The first-order chi connectivity index (χ1) is 8.81. The molecular formula is C14H22BrNOS. The molecule has 1 aromatic rings. The molecule has 2 rings (SSSR count). The average molecular weight is 332 g/mol. The Morgan fingerprint density at radius 1 is 1.50 bits per heavy atom. The van der Waals surface area contributed by atoms with E-state index in [1.165, 1.54) is 25.7 Å². The summed E-state index contributed by atoms with van der Waals surface area (Å²) >= 11 is 5.68. The van der Waals surface area contributed by atoms with E-state index in [9.17, 15) is 0 Å². The van der Waals surface area contributed by atoms with E-state index in [0.29, 0.717) is 6.04 Å². The van der Waals surface area contributed by atoms with Crippen molar-refractivity contribution >= 4 is 27.7 Å². The number of furan rings is 1. The van der Waals surface area contributed by atoms with Crippen LogP contribution < -0.4 is 5.32 Å². The van der Waals surface area contributed by atoms with Gasteiger partial charge in [0.25, 0.3) is 0 Å². The van der Waals surface area contributed by atoms with E-state index in [-0.39, 0.29) is 0 Å². The van der Waals surface area contributed by atoms with Crippen molar-refractivity contribution in [3.05, 3.63) is 22.6 Å². The number of nitrogens with one attached hydrogen (secondary N) is 1. The molecule has 1 aliphatic rings. The fourth-order valence-electron chi connectivity index (χ4n) is 2.39. The van der Waals surface area contributed by atoms with Crippen LogP contribution in [0.3, 0.4) is 0 Å². The van der Waals surface area contributed by atoms with E-state index in [1.54, 1.807) is 6.26 Å². The van der Waals surface area contributed by atoms with Crippen molar-refractivity contribution < 1.29 is 4.42 Å². The van der Waals surface area contributed by atoms with Crippen LogP contribution in [0.2, 0.25) is 0 Å². The summed E-state index contributed by atoms with van der Waals surface area (Å²) < 4.78 is 6.70. The van der Waals surface area contributed by atoms with Gasteiger partial charge in [0.15, 0.2) is 0 Å². The summed E-state index contributed by atoms with van der Waals surface area (Å²) in [5.74, 6) is 2.16. The van der Waals surface area contributed by atoms with Crippen LogP contribution in [0.4, 0.5) is 0 Å². The molecule has 0 saturated heterocycles. The molecule has 1 heterocycles. The highest BCUT2D eigenvalue weighted by Crippen LogP contribution is 2.33. The molecule has 4 heteroatoms. The lowest BCUT2D eigenvalue weighted by atomic mass is 10.2. The van der Waals surface area contributed by atoms with Gasteiger partial charge in [0.1, 0.15) is 5.76 Å². The Morgan fingerprint density at radius 2 is 2.28 bits per heavy atom. The minimum absolute atomic E-state index is 0.333. The van der Waals surface area contributed by atoms with E-state index >= 15 is 0 Å². The minimum atomic E-state index is 0.333. The minimum Gasteiger partial charge on any atom is -0.466 e. The van der Waals surface area contributed by atoms with Gasteiger partial charge in [-0.25, -0.2) is 0 Å². The number of rotatable bonds is 7. The topological polar surface area (TPSA) is 25.2 Å². The molecule has 1 atom stereocenters. The van der Waals surface area contributed by atoms with Crippen LogP contribution in [0.25, 0.3) is 0 Å². The second-order valence-corrected chi connectivity index (χ2v) is 7.07. The fraction of sp³-hybridized carbons (Fsp3) is 0.714. The smallest absolute Gasteiger partial charge is 0.135 e. The van der Waals surface area contributed by atoms with Gasteiger partial charge in [-0.3, -0.25) is 0 Å². The highest BCUT2D eigenvalue weighted by molar-refractivity contribution is 9.10. The van der Waals surface area contributed by atoms with Gasteiger partial charge in [-0.1, -0.05) is 19.8 Å². The molecule has 0 aromatic carbocycles. The molecule has 1 fully saturated rings. The van der Waals surface area contributed by atoms with Gasteiger partial charge < -0.3 is 9.73 Å². The maximum absolute atomic E-state index is 5.62. The van der Waals surface area contributed by atoms with Gasteiger partial charge in [-0.05, 0) is 47.8 Å². The summed E-state index contributed by atoms with van der Waals surface area (Å²) in [5.41, 5.74) is 0. The number of thioether (sulfide) groups is 1. The molecule has 1 aliphatic carbocycles. The zero-order valence-corrected chi connectivity index (χ0v) is 13.4. The predicted molar refractivity (Wildman–Crippen MR) is 82.2 cm³/mol. The lowest BCUT2D eigenvalue weighted by molar-refractivity contribution is 0.432. The summed E-state index contributed by atoms with van der Waals surface area (Å²) in [4.78, 5) is 0. The van der Waals surface area contributed by atoms with Crippen molar-refractivity contribution in [3.63, 3.8) is 0 Å². The molecule has 1 saturated carbocycles. The molecule has 0 radical (unpaired) electrons. The van der Waals surface area contributed by atoms with Crippen LogP contribution in [-0.4, -0.2) is 17.5 Å². The molecule has 18 heavy (non-hydrogen) atoms. The zero-order chi connectivity index (χ0) is 12.8. The number of halogens is 1. The van der Waals surface area contributed by atoms with Crippen LogP contribution in [0.15, 0.2) is 21.2 Å². The molecule has 0 aliphatic heterocycles. The summed E-state index contributed by atoms with van der Waals surface area (Å²) in [6.45, 7) is 3.24.